The maximum Gasteiger partial charge on any atom is 0.387 e. The number of ether oxygens (including phenoxy) is 1. The predicted octanol–water partition coefficient (Wildman–Crippen LogP) is 3.67. The second kappa shape index (κ2) is 4.05. The van der Waals surface area contributed by atoms with Gasteiger partial charge in [0.1, 0.15) is 5.75 Å². The molecule has 0 aliphatic carbocycles. The van der Waals surface area contributed by atoms with E-state index in [2.05, 4.69) is 20.7 Å². The molecule has 72 valence electrons. The van der Waals surface area contributed by atoms with Crippen molar-refractivity contribution in [1.29, 1.82) is 0 Å². The Morgan fingerprint density at radius 1 is 1.23 bits per heavy atom. The minimum atomic E-state index is -2.76. The Labute approximate surface area is 83.8 Å². The quantitative estimate of drug-likeness (QED) is 0.779. The summed E-state index contributed by atoms with van der Waals surface area (Å²) in [7, 11) is 0. The Kier molecular flexibility index (Phi) is 3.25. The van der Waals surface area contributed by atoms with Crippen LogP contribution in [0.5, 0.6) is 5.75 Å². The lowest BCUT2D eigenvalue weighted by Gasteiger charge is -2.08. The van der Waals surface area contributed by atoms with Crippen molar-refractivity contribution in [2.24, 2.45) is 0 Å². The molecule has 0 radical (unpaired) electrons. The van der Waals surface area contributed by atoms with Crippen LogP contribution in [0, 0.1) is 13.8 Å². The summed E-state index contributed by atoms with van der Waals surface area (Å²) in [6.45, 7) is 0.894. The first kappa shape index (κ1) is 10.4. The molecule has 0 aromatic heterocycles. The molecule has 13 heavy (non-hydrogen) atoms. The second-order valence-electron chi connectivity index (χ2n) is 2.75. The summed E-state index contributed by atoms with van der Waals surface area (Å²) in [6, 6.07) is 3.15. The summed E-state index contributed by atoms with van der Waals surface area (Å²) >= 11 is 3.34. The molecule has 0 aliphatic heterocycles. The molecule has 1 rings (SSSR count). The predicted molar refractivity (Wildman–Crippen MR) is 50.2 cm³/mol. The van der Waals surface area contributed by atoms with Crippen LogP contribution in [0.3, 0.4) is 0 Å². The Morgan fingerprint density at radius 2 is 1.69 bits per heavy atom. The van der Waals surface area contributed by atoms with Gasteiger partial charge in [-0.25, -0.2) is 0 Å². The zero-order chi connectivity index (χ0) is 10.0. The van der Waals surface area contributed by atoms with Gasteiger partial charge in [0.25, 0.3) is 0 Å². The monoisotopic (exact) mass is 250 g/mol. The SMILES string of the molecule is Cc1cc(OC(F)F)cc(C)c1Br. The van der Waals surface area contributed by atoms with Gasteiger partial charge in [0.05, 0.1) is 0 Å². The molecule has 0 saturated carbocycles. The Balaban J connectivity index is 2.99. The molecule has 0 atom stereocenters. The van der Waals surface area contributed by atoms with Crippen LogP contribution >= 0.6 is 15.9 Å². The van der Waals surface area contributed by atoms with Crippen molar-refractivity contribution in [1.82, 2.24) is 0 Å². The lowest BCUT2D eigenvalue weighted by Crippen LogP contribution is -2.02. The number of benzene rings is 1. The second-order valence-corrected chi connectivity index (χ2v) is 3.54. The summed E-state index contributed by atoms with van der Waals surface area (Å²) < 4.78 is 28.9. The van der Waals surface area contributed by atoms with Crippen molar-refractivity contribution in [3.05, 3.63) is 27.7 Å². The Bertz CT molecular complexity index is 289. The van der Waals surface area contributed by atoms with Crippen LogP contribution in [-0.4, -0.2) is 6.61 Å². The van der Waals surface area contributed by atoms with Gasteiger partial charge in [-0.15, -0.1) is 0 Å². The van der Waals surface area contributed by atoms with Gasteiger partial charge in [0.15, 0.2) is 0 Å². The zero-order valence-electron chi connectivity index (χ0n) is 7.27. The molecule has 4 heteroatoms. The number of hydrogen-bond acceptors (Lipinski definition) is 1. The summed E-state index contributed by atoms with van der Waals surface area (Å²) in [5.41, 5.74) is 1.77. The molecule has 0 bridgehead atoms. The molecule has 0 spiro atoms. The highest BCUT2D eigenvalue weighted by Crippen LogP contribution is 2.26. The van der Waals surface area contributed by atoms with E-state index in [1.54, 1.807) is 12.1 Å². The van der Waals surface area contributed by atoms with E-state index in [9.17, 15) is 8.78 Å². The van der Waals surface area contributed by atoms with Crippen LogP contribution in [0.1, 0.15) is 11.1 Å². The lowest BCUT2D eigenvalue weighted by molar-refractivity contribution is -0.0499. The lowest BCUT2D eigenvalue weighted by atomic mass is 10.1. The highest BCUT2D eigenvalue weighted by molar-refractivity contribution is 9.10. The number of aryl methyl sites for hydroxylation is 2. The summed E-state index contributed by atoms with van der Waals surface area (Å²) in [5, 5.41) is 0. The van der Waals surface area contributed by atoms with Crippen molar-refractivity contribution in [2.45, 2.75) is 20.5 Å². The molecule has 1 nitrogen and oxygen atoms in total. The van der Waals surface area contributed by atoms with Crippen LogP contribution in [0.25, 0.3) is 0 Å². The van der Waals surface area contributed by atoms with Gasteiger partial charge in [-0.2, -0.15) is 8.78 Å². The van der Waals surface area contributed by atoms with Crippen LogP contribution in [0.2, 0.25) is 0 Å². The largest absolute Gasteiger partial charge is 0.435 e. The molecule has 0 unspecified atom stereocenters. The van der Waals surface area contributed by atoms with Crippen LogP contribution in [-0.2, 0) is 0 Å². The van der Waals surface area contributed by atoms with Gasteiger partial charge in [0, 0.05) is 4.47 Å². The van der Waals surface area contributed by atoms with Gasteiger partial charge in [-0.1, -0.05) is 15.9 Å². The van der Waals surface area contributed by atoms with E-state index >= 15 is 0 Å². The maximum absolute atomic E-state index is 11.9. The van der Waals surface area contributed by atoms with Crippen LogP contribution < -0.4 is 4.74 Å². The van der Waals surface area contributed by atoms with Gasteiger partial charge >= 0.3 is 6.61 Å². The zero-order valence-corrected chi connectivity index (χ0v) is 8.86. The summed E-state index contributed by atoms with van der Waals surface area (Å²) in [5.74, 6) is 0.202. The summed E-state index contributed by atoms with van der Waals surface area (Å²) in [4.78, 5) is 0. The van der Waals surface area contributed by atoms with Crippen LogP contribution in [0.4, 0.5) is 8.78 Å². The van der Waals surface area contributed by atoms with Gasteiger partial charge in [-0.05, 0) is 37.1 Å². The fourth-order valence-corrected chi connectivity index (χ4v) is 1.31. The topological polar surface area (TPSA) is 9.23 Å². The minimum absolute atomic E-state index is 0.202. The van der Waals surface area contributed by atoms with Gasteiger partial charge < -0.3 is 4.74 Å². The van der Waals surface area contributed by atoms with E-state index in [1.807, 2.05) is 13.8 Å². The van der Waals surface area contributed by atoms with Crippen molar-refractivity contribution < 1.29 is 13.5 Å². The normalized spacial score (nSPS) is 10.6. The van der Waals surface area contributed by atoms with E-state index in [4.69, 9.17) is 0 Å². The molecular weight excluding hydrogens is 242 g/mol. The molecular formula is C9H9BrF2O. The third kappa shape index (κ3) is 2.66. The minimum Gasteiger partial charge on any atom is -0.435 e. The van der Waals surface area contributed by atoms with E-state index in [0.29, 0.717) is 0 Å². The highest BCUT2D eigenvalue weighted by atomic mass is 79.9. The molecule has 1 aromatic rings. The fraction of sp³-hybridized carbons (Fsp3) is 0.333. The third-order valence-corrected chi connectivity index (χ3v) is 2.89. The number of rotatable bonds is 2. The number of alkyl halides is 2. The van der Waals surface area contributed by atoms with Crippen molar-refractivity contribution >= 4 is 15.9 Å². The van der Waals surface area contributed by atoms with Crippen molar-refractivity contribution in [3.63, 3.8) is 0 Å². The first-order valence-corrected chi connectivity index (χ1v) is 4.51. The first-order chi connectivity index (χ1) is 6.00. The molecule has 0 saturated heterocycles. The average Bonchev–Trinajstić information content (AvgIpc) is 1.98. The molecule has 0 heterocycles. The molecule has 0 fully saturated rings. The van der Waals surface area contributed by atoms with Gasteiger partial charge in [-0.3, -0.25) is 0 Å². The highest BCUT2D eigenvalue weighted by Gasteiger charge is 2.07. The molecule has 1 aromatic carbocycles. The Morgan fingerprint density at radius 3 is 2.08 bits per heavy atom. The summed E-state index contributed by atoms with van der Waals surface area (Å²) in [6.07, 6.45) is 0. The maximum atomic E-state index is 11.9. The third-order valence-electron chi connectivity index (χ3n) is 1.64. The molecule has 0 amide bonds. The van der Waals surface area contributed by atoms with E-state index in [0.717, 1.165) is 15.6 Å². The van der Waals surface area contributed by atoms with E-state index < -0.39 is 6.61 Å². The fourth-order valence-electron chi connectivity index (χ4n) is 1.08. The molecule has 0 N–H and O–H groups in total. The van der Waals surface area contributed by atoms with Crippen molar-refractivity contribution in [2.75, 3.05) is 0 Å². The average molecular weight is 251 g/mol. The standard InChI is InChI=1S/C9H9BrF2O/c1-5-3-7(13-9(11)12)4-6(2)8(5)10/h3-4,9H,1-2H3. The van der Waals surface area contributed by atoms with Gasteiger partial charge in [0.2, 0.25) is 0 Å². The smallest absolute Gasteiger partial charge is 0.387 e. The molecule has 0 aliphatic rings. The van der Waals surface area contributed by atoms with Crippen LogP contribution in [0.15, 0.2) is 16.6 Å². The van der Waals surface area contributed by atoms with E-state index in [-0.39, 0.29) is 5.75 Å². The first-order valence-electron chi connectivity index (χ1n) is 3.72. The number of halogens is 3. The number of hydrogen-bond donors (Lipinski definition) is 0. The Hall–Kier alpha value is -0.640. The van der Waals surface area contributed by atoms with E-state index in [1.165, 1.54) is 0 Å². The van der Waals surface area contributed by atoms with Crippen molar-refractivity contribution in [3.8, 4) is 5.75 Å².